The van der Waals surface area contributed by atoms with Crippen molar-refractivity contribution in [2.45, 2.75) is 0 Å². The number of hydrogen-bond donors (Lipinski definition) is 0. The normalized spacial score (nSPS) is 11.8. The summed E-state index contributed by atoms with van der Waals surface area (Å²) in [6.07, 6.45) is 0. The van der Waals surface area contributed by atoms with E-state index in [2.05, 4.69) is 169 Å². The molecule has 2 aromatic heterocycles. The maximum absolute atomic E-state index is 6.36. The lowest BCUT2D eigenvalue weighted by molar-refractivity contribution is 0.669. The predicted molar refractivity (Wildman–Crippen MR) is 222 cm³/mol. The minimum atomic E-state index is 0.855. The molecule has 0 radical (unpaired) electrons. The smallest absolute Gasteiger partial charge is 0.137 e. The van der Waals surface area contributed by atoms with Gasteiger partial charge in [0.15, 0.2) is 0 Å². The monoisotopic (exact) mass is 677 g/mol. The van der Waals surface area contributed by atoms with E-state index in [0.29, 0.717) is 0 Å². The molecule has 3 nitrogen and oxygen atoms in total. The molecule has 0 bridgehead atoms. The van der Waals surface area contributed by atoms with Crippen molar-refractivity contribution in [2.75, 3.05) is 4.90 Å². The highest BCUT2D eigenvalue weighted by Gasteiger charge is 2.18. The molecule has 0 aliphatic carbocycles. The third-order valence-electron chi connectivity index (χ3n) is 10.7. The molecule has 11 rings (SSSR count). The zero-order valence-electron chi connectivity index (χ0n) is 28.7. The third kappa shape index (κ3) is 4.75. The molecule has 0 unspecified atom stereocenters. The van der Waals surface area contributed by atoms with Gasteiger partial charge in [-0.1, -0.05) is 127 Å². The molecule has 0 saturated heterocycles. The molecular formula is C50H31NO2. The summed E-state index contributed by atoms with van der Waals surface area (Å²) in [6, 6.07) is 66.8. The first-order valence-electron chi connectivity index (χ1n) is 18.0. The van der Waals surface area contributed by atoms with E-state index in [0.717, 1.165) is 60.9 Å². The number of nitrogens with zero attached hydrogens (tertiary/aromatic N) is 1. The Hall–Kier alpha value is -7.10. The van der Waals surface area contributed by atoms with Gasteiger partial charge in [-0.05, 0) is 92.3 Å². The first-order valence-corrected chi connectivity index (χ1v) is 18.0. The van der Waals surface area contributed by atoms with Gasteiger partial charge in [0, 0.05) is 50.7 Å². The summed E-state index contributed by atoms with van der Waals surface area (Å²) in [5, 5.41) is 9.45. The minimum absolute atomic E-state index is 0.855. The van der Waals surface area contributed by atoms with E-state index in [4.69, 9.17) is 8.83 Å². The summed E-state index contributed by atoms with van der Waals surface area (Å²) in [5.74, 6) is 0. The van der Waals surface area contributed by atoms with Gasteiger partial charge in [0.1, 0.15) is 22.3 Å². The standard InChI is InChI=1S/C50H31NO2/c1-2-10-32(11-3-1)37-14-8-16-39-40-17-9-15-38(42(40)29-28-41(37)39)33-20-22-34(23-21-33)51(35-24-26-45-43-12-4-6-18-47(43)52-49(45)30-35)36-25-27-46-44-13-5-7-19-48(44)53-50(46)31-36/h1-31H. The SMILES string of the molecule is c1ccc(-c2cccc3c2ccc2c(-c4ccc(N(c5ccc6c(c5)oc5ccccc56)c5ccc6c(c5)oc5ccccc56)cc4)cccc23)cc1. The van der Waals surface area contributed by atoms with Crippen molar-refractivity contribution < 1.29 is 8.83 Å². The molecule has 0 N–H and O–H groups in total. The van der Waals surface area contributed by atoms with Crippen LogP contribution >= 0.6 is 0 Å². The lowest BCUT2D eigenvalue weighted by Crippen LogP contribution is -2.09. The quantitative estimate of drug-likeness (QED) is 0.170. The van der Waals surface area contributed by atoms with Crippen molar-refractivity contribution in [1.29, 1.82) is 0 Å². The molecule has 0 saturated carbocycles. The fourth-order valence-electron chi connectivity index (χ4n) is 8.19. The molecular weight excluding hydrogens is 647 g/mol. The zero-order valence-corrected chi connectivity index (χ0v) is 28.7. The second-order valence-corrected chi connectivity index (χ2v) is 13.7. The predicted octanol–water partition coefficient (Wildman–Crippen LogP) is 14.6. The molecule has 248 valence electrons. The average molecular weight is 678 g/mol. The van der Waals surface area contributed by atoms with E-state index >= 15 is 0 Å². The maximum atomic E-state index is 6.36. The van der Waals surface area contributed by atoms with Gasteiger partial charge in [-0.25, -0.2) is 0 Å². The second-order valence-electron chi connectivity index (χ2n) is 13.7. The van der Waals surface area contributed by atoms with Crippen LogP contribution in [-0.4, -0.2) is 0 Å². The molecule has 53 heavy (non-hydrogen) atoms. The van der Waals surface area contributed by atoms with Crippen LogP contribution in [0.2, 0.25) is 0 Å². The maximum Gasteiger partial charge on any atom is 0.137 e. The van der Waals surface area contributed by atoms with Crippen LogP contribution in [0.1, 0.15) is 0 Å². The number of hydrogen-bond acceptors (Lipinski definition) is 3. The van der Waals surface area contributed by atoms with Crippen molar-refractivity contribution in [3.63, 3.8) is 0 Å². The van der Waals surface area contributed by atoms with Gasteiger partial charge in [0.05, 0.1) is 0 Å². The Labute approximate surface area is 305 Å². The summed E-state index contributed by atoms with van der Waals surface area (Å²) in [6.45, 7) is 0. The van der Waals surface area contributed by atoms with E-state index < -0.39 is 0 Å². The van der Waals surface area contributed by atoms with E-state index in [1.165, 1.54) is 43.8 Å². The van der Waals surface area contributed by atoms with E-state index in [-0.39, 0.29) is 0 Å². The Morgan fingerprint density at radius 3 is 1.23 bits per heavy atom. The Balaban J connectivity index is 1.04. The molecule has 0 aliphatic heterocycles. The van der Waals surface area contributed by atoms with Crippen LogP contribution in [0.3, 0.4) is 0 Å². The van der Waals surface area contributed by atoms with Gasteiger partial charge in [0.2, 0.25) is 0 Å². The van der Waals surface area contributed by atoms with Gasteiger partial charge in [-0.2, -0.15) is 0 Å². The first-order chi connectivity index (χ1) is 26.3. The molecule has 0 spiro atoms. The van der Waals surface area contributed by atoms with Crippen LogP contribution in [0, 0.1) is 0 Å². The summed E-state index contributed by atoms with van der Waals surface area (Å²) in [4.78, 5) is 2.28. The molecule has 0 aliphatic rings. The second kappa shape index (κ2) is 11.7. The van der Waals surface area contributed by atoms with Gasteiger partial charge < -0.3 is 13.7 Å². The highest BCUT2D eigenvalue weighted by molar-refractivity contribution is 6.15. The molecule has 9 aromatic carbocycles. The zero-order chi connectivity index (χ0) is 34.9. The minimum Gasteiger partial charge on any atom is -0.456 e. The average Bonchev–Trinajstić information content (AvgIpc) is 3.79. The van der Waals surface area contributed by atoms with Crippen molar-refractivity contribution in [2.24, 2.45) is 0 Å². The number of benzene rings is 9. The summed E-state index contributed by atoms with van der Waals surface area (Å²) in [7, 11) is 0. The number of fused-ring (bicyclic) bond motifs is 9. The van der Waals surface area contributed by atoms with Crippen LogP contribution < -0.4 is 4.90 Å². The lowest BCUT2D eigenvalue weighted by Gasteiger charge is -2.25. The van der Waals surface area contributed by atoms with Crippen LogP contribution in [0.5, 0.6) is 0 Å². The van der Waals surface area contributed by atoms with Crippen molar-refractivity contribution in [3.8, 4) is 22.3 Å². The molecule has 11 aromatic rings. The summed E-state index contributed by atoms with van der Waals surface area (Å²) < 4.78 is 12.7. The number of rotatable bonds is 5. The van der Waals surface area contributed by atoms with E-state index in [1.807, 2.05) is 24.3 Å². The van der Waals surface area contributed by atoms with Crippen LogP contribution in [0.15, 0.2) is 197 Å². The number of para-hydroxylation sites is 2. The highest BCUT2D eigenvalue weighted by atomic mass is 16.3. The molecule has 0 amide bonds. The molecule has 0 atom stereocenters. The Morgan fingerprint density at radius 1 is 0.264 bits per heavy atom. The van der Waals surface area contributed by atoms with Crippen LogP contribution in [-0.2, 0) is 0 Å². The van der Waals surface area contributed by atoms with Crippen LogP contribution in [0.4, 0.5) is 17.1 Å². The fourth-order valence-corrected chi connectivity index (χ4v) is 8.19. The van der Waals surface area contributed by atoms with Gasteiger partial charge >= 0.3 is 0 Å². The lowest BCUT2D eigenvalue weighted by atomic mass is 9.91. The first kappa shape index (κ1) is 29.6. The Morgan fingerprint density at radius 2 is 0.679 bits per heavy atom. The van der Waals surface area contributed by atoms with Gasteiger partial charge in [-0.3, -0.25) is 0 Å². The van der Waals surface area contributed by atoms with Crippen molar-refractivity contribution >= 4 is 82.5 Å². The Kier molecular flexibility index (Phi) is 6.55. The van der Waals surface area contributed by atoms with Crippen molar-refractivity contribution in [1.82, 2.24) is 0 Å². The Bertz CT molecular complexity index is 3060. The largest absolute Gasteiger partial charge is 0.456 e. The van der Waals surface area contributed by atoms with Crippen molar-refractivity contribution in [3.05, 3.63) is 188 Å². The molecule has 0 fully saturated rings. The van der Waals surface area contributed by atoms with Gasteiger partial charge in [0.25, 0.3) is 0 Å². The summed E-state index contributed by atoms with van der Waals surface area (Å²) in [5.41, 5.74) is 11.4. The summed E-state index contributed by atoms with van der Waals surface area (Å²) >= 11 is 0. The molecule has 2 heterocycles. The number of furan rings is 2. The topological polar surface area (TPSA) is 29.5 Å². The third-order valence-corrected chi connectivity index (χ3v) is 10.7. The van der Waals surface area contributed by atoms with E-state index in [1.54, 1.807) is 0 Å². The fraction of sp³-hybridized carbons (Fsp3) is 0. The highest BCUT2D eigenvalue weighted by Crippen LogP contribution is 2.42. The van der Waals surface area contributed by atoms with E-state index in [9.17, 15) is 0 Å². The van der Waals surface area contributed by atoms with Gasteiger partial charge in [-0.15, -0.1) is 0 Å². The van der Waals surface area contributed by atoms with Crippen LogP contribution in [0.25, 0.3) is 87.7 Å². The molecule has 3 heteroatoms. The number of anilines is 3.